The first kappa shape index (κ1) is 20.6. The second kappa shape index (κ2) is 8.23. The highest BCUT2D eigenvalue weighted by atomic mass is 32.1. The number of benzene rings is 2. The predicted octanol–water partition coefficient (Wildman–Crippen LogP) is 2.12. The number of fused-ring (bicyclic) bond motifs is 1. The maximum Gasteiger partial charge on any atom is 0.338 e. The molecule has 2 heterocycles. The molecular formula is C23H20N2O5S. The predicted molar refractivity (Wildman–Crippen MR) is 117 cm³/mol. The molecule has 1 aliphatic heterocycles. The van der Waals surface area contributed by atoms with Gasteiger partial charge in [0.2, 0.25) is 0 Å². The van der Waals surface area contributed by atoms with Gasteiger partial charge in [0.05, 0.1) is 36.1 Å². The Labute approximate surface area is 181 Å². The van der Waals surface area contributed by atoms with Crippen molar-refractivity contribution in [2.75, 3.05) is 14.2 Å². The minimum Gasteiger partial charge on any atom is -0.504 e. The second-order valence-electron chi connectivity index (χ2n) is 6.88. The summed E-state index contributed by atoms with van der Waals surface area (Å²) in [6.45, 7) is 1.73. The SMILES string of the molecule is COC(=O)C1=C(C)N=c2s/c(=C/c3cccc(OC)c3O)c(=O)n2[C@H]1c1ccccc1. The van der Waals surface area contributed by atoms with E-state index in [2.05, 4.69) is 4.99 Å². The van der Waals surface area contributed by atoms with Gasteiger partial charge in [-0.2, -0.15) is 0 Å². The Kier molecular flexibility index (Phi) is 5.48. The van der Waals surface area contributed by atoms with E-state index in [9.17, 15) is 14.7 Å². The van der Waals surface area contributed by atoms with Crippen LogP contribution in [-0.2, 0) is 9.53 Å². The second-order valence-corrected chi connectivity index (χ2v) is 7.89. The lowest BCUT2D eigenvalue weighted by Crippen LogP contribution is -2.39. The number of thiazole rings is 1. The van der Waals surface area contributed by atoms with Crippen molar-refractivity contribution in [1.82, 2.24) is 4.57 Å². The molecule has 0 amide bonds. The van der Waals surface area contributed by atoms with Crippen molar-refractivity contribution in [1.29, 1.82) is 0 Å². The van der Waals surface area contributed by atoms with Gasteiger partial charge in [-0.1, -0.05) is 53.8 Å². The van der Waals surface area contributed by atoms with Crippen LogP contribution in [0, 0.1) is 0 Å². The van der Waals surface area contributed by atoms with Crippen molar-refractivity contribution in [2.45, 2.75) is 13.0 Å². The van der Waals surface area contributed by atoms with Gasteiger partial charge in [-0.05, 0) is 24.6 Å². The molecule has 0 saturated carbocycles. The summed E-state index contributed by atoms with van der Waals surface area (Å²) in [5.41, 5.74) is 1.72. The number of nitrogens with zero attached hydrogens (tertiary/aromatic N) is 2. The van der Waals surface area contributed by atoms with E-state index in [1.165, 1.54) is 30.1 Å². The van der Waals surface area contributed by atoms with Crippen LogP contribution >= 0.6 is 11.3 Å². The van der Waals surface area contributed by atoms with Crippen LogP contribution in [0.25, 0.3) is 6.08 Å². The van der Waals surface area contributed by atoms with Crippen LogP contribution in [-0.4, -0.2) is 29.9 Å². The normalized spacial score (nSPS) is 16.0. The Morgan fingerprint density at radius 3 is 2.58 bits per heavy atom. The summed E-state index contributed by atoms with van der Waals surface area (Å²) in [5.74, 6) is -0.274. The molecule has 158 valence electrons. The van der Waals surface area contributed by atoms with Crippen molar-refractivity contribution in [3.8, 4) is 11.5 Å². The van der Waals surface area contributed by atoms with Gasteiger partial charge in [0.1, 0.15) is 0 Å². The van der Waals surface area contributed by atoms with Crippen LogP contribution in [0.4, 0.5) is 0 Å². The number of rotatable bonds is 4. The number of para-hydroxylation sites is 1. The average Bonchev–Trinajstić information content (AvgIpc) is 3.09. The van der Waals surface area contributed by atoms with Crippen LogP contribution < -0.4 is 19.6 Å². The molecule has 0 fully saturated rings. The highest BCUT2D eigenvalue weighted by molar-refractivity contribution is 7.07. The van der Waals surface area contributed by atoms with Gasteiger partial charge in [0.25, 0.3) is 5.56 Å². The Morgan fingerprint density at radius 1 is 1.16 bits per heavy atom. The Bertz CT molecular complexity index is 1370. The third-order valence-corrected chi connectivity index (χ3v) is 6.06. The van der Waals surface area contributed by atoms with Crippen molar-refractivity contribution in [3.63, 3.8) is 0 Å². The Morgan fingerprint density at radius 2 is 1.90 bits per heavy atom. The number of methoxy groups -OCH3 is 2. The number of carbonyl (C=O) groups is 1. The standard InChI is InChI=1S/C23H20N2O5S/c1-13-18(22(28)30-3)19(14-8-5-4-6-9-14)25-21(27)17(31-23(25)24-13)12-15-10-7-11-16(29-2)20(15)26/h4-12,19,26H,1-3H3/b17-12+/t19-/m0/s1. The highest BCUT2D eigenvalue weighted by Crippen LogP contribution is 2.31. The van der Waals surface area contributed by atoms with Gasteiger partial charge in [-0.15, -0.1) is 0 Å². The van der Waals surface area contributed by atoms with Crippen molar-refractivity contribution < 1.29 is 19.4 Å². The molecule has 3 aromatic rings. The van der Waals surface area contributed by atoms with Gasteiger partial charge < -0.3 is 14.6 Å². The number of hydrogen-bond donors (Lipinski definition) is 1. The maximum atomic E-state index is 13.4. The lowest BCUT2D eigenvalue weighted by Gasteiger charge is -2.24. The number of aromatic nitrogens is 1. The Hall–Kier alpha value is -3.65. The van der Waals surface area contributed by atoms with E-state index < -0.39 is 12.0 Å². The number of allylic oxidation sites excluding steroid dienone is 1. The van der Waals surface area contributed by atoms with E-state index in [0.717, 1.165) is 5.56 Å². The Balaban J connectivity index is 1.98. The number of phenolic OH excluding ortho intramolecular Hbond substituents is 1. The van der Waals surface area contributed by atoms with Crippen LogP contribution in [0.15, 0.2) is 69.6 Å². The van der Waals surface area contributed by atoms with Gasteiger partial charge in [-0.3, -0.25) is 9.36 Å². The van der Waals surface area contributed by atoms with Crippen LogP contribution in [0.2, 0.25) is 0 Å². The third-order valence-electron chi connectivity index (χ3n) is 5.08. The first-order chi connectivity index (χ1) is 15.0. The largest absolute Gasteiger partial charge is 0.504 e. The summed E-state index contributed by atoms with van der Waals surface area (Å²) in [5, 5.41) is 10.4. The molecule has 31 heavy (non-hydrogen) atoms. The van der Waals surface area contributed by atoms with Crippen molar-refractivity contribution in [3.05, 3.63) is 90.6 Å². The molecule has 1 aliphatic rings. The quantitative estimate of drug-likeness (QED) is 0.633. The van der Waals surface area contributed by atoms with E-state index in [-0.39, 0.29) is 11.3 Å². The van der Waals surface area contributed by atoms with Gasteiger partial charge in [-0.25, -0.2) is 9.79 Å². The molecule has 7 nitrogen and oxygen atoms in total. The molecule has 1 atom stereocenters. The zero-order valence-corrected chi connectivity index (χ0v) is 18.0. The monoisotopic (exact) mass is 436 g/mol. The van der Waals surface area contributed by atoms with E-state index in [0.29, 0.717) is 31.9 Å². The molecule has 4 rings (SSSR count). The fourth-order valence-corrected chi connectivity index (χ4v) is 4.64. The molecular weight excluding hydrogens is 416 g/mol. The third kappa shape index (κ3) is 3.55. The number of hydrogen-bond acceptors (Lipinski definition) is 7. The maximum absolute atomic E-state index is 13.4. The topological polar surface area (TPSA) is 90.1 Å². The minimum absolute atomic E-state index is 0.0538. The summed E-state index contributed by atoms with van der Waals surface area (Å²) in [7, 11) is 2.77. The molecule has 0 unspecified atom stereocenters. The lowest BCUT2D eigenvalue weighted by molar-refractivity contribution is -0.136. The van der Waals surface area contributed by atoms with Crippen molar-refractivity contribution in [2.24, 2.45) is 4.99 Å². The van der Waals surface area contributed by atoms with E-state index >= 15 is 0 Å². The van der Waals surface area contributed by atoms with Gasteiger partial charge in [0.15, 0.2) is 16.3 Å². The molecule has 0 radical (unpaired) electrons. The zero-order valence-electron chi connectivity index (χ0n) is 17.2. The summed E-state index contributed by atoms with van der Waals surface area (Å²) < 4.78 is 12.0. The summed E-state index contributed by atoms with van der Waals surface area (Å²) in [4.78, 5) is 31.0. The molecule has 1 N–H and O–H groups in total. The number of aromatic hydroxyl groups is 1. The van der Waals surface area contributed by atoms with Gasteiger partial charge in [0, 0.05) is 5.56 Å². The van der Waals surface area contributed by atoms with E-state index in [1.54, 1.807) is 31.2 Å². The lowest BCUT2D eigenvalue weighted by atomic mass is 9.96. The van der Waals surface area contributed by atoms with Crippen LogP contribution in [0.3, 0.4) is 0 Å². The van der Waals surface area contributed by atoms with Gasteiger partial charge >= 0.3 is 5.97 Å². The molecule has 0 saturated heterocycles. The van der Waals surface area contributed by atoms with Crippen molar-refractivity contribution >= 4 is 23.4 Å². The smallest absolute Gasteiger partial charge is 0.338 e. The first-order valence-corrected chi connectivity index (χ1v) is 10.3. The summed E-state index contributed by atoms with van der Waals surface area (Å²) in [6.07, 6.45) is 1.60. The average molecular weight is 436 g/mol. The number of phenols is 1. The zero-order chi connectivity index (χ0) is 22.1. The van der Waals surface area contributed by atoms with Crippen LogP contribution in [0.5, 0.6) is 11.5 Å². The van der Waals surface area contributed by atoms with Crippen LogP contribution in [0.1, 0.15) is 24.1 Å². The van der Waals surface area contributed by atoms with E-state index in [4.69, 9.17) is 9.47 Å². The highest BCUT2D eigenvalue weighted by Gasteiger charge is 2.32. The van der Waals surface area contributed by atoms with E-state index in [1.807, 2.05) is 30.3 Å². The molecule has 8 heteroatoms. The summed E-state index contributed by atoms with van der Waals surface area (Å²) >= 11 is 1.19. The summed E-state index contributed by atoms with van der Waals surface area (Å²) in [6, 6.07) is 13.7. The molecule has 0 bridgehead atoms. The fraction of sp³-hybridized carbons (Fsp3) is 0.174. The minimum atomic E-state index is -0.661. The molecule has 1 aromatic heterocycles. The number of ether oxygens (including phenoxy) is 2. The first-order valence-electron chi connectivity index (χ1n) is 9.48. The fourth-order valence-electron chi connectivity index (χ4n) is 3.61. The molecule has 0 spiro atoms. The molecule has 0 aliphatic carbocycles. The molecule has 2 aromatic carbocycles. The number of esters is 1. The number of carbonyl (C=O) groups excluding carboxylic acids is 1.